The summed E-state index contributed by atoms with van der Waals surface area (Å²) >= 11 is 0. The number of hydrogen-bond acceptors (Lipinski definition) is 3. The lowest BCUT2D eigenvalue weighted by atomic mass is 10.1. The topological polar surface area (TPSA) is 85.8 Å². The maximum absolute atomic E-state index is 11.7. The number of aromatic amines is 1. The largest absolute Gasteiger partial charge is 0.327 e. The lowest BCUT2D eigenvalue weighted by molar-refractivity contribution is -0.111. The standard InChI is InChI=1S/C15H11N3O2/c16-10-12-5-2-1-4-11(12)7-8-14(19)18-13-6-3-9-17-15(13)20/h1-9H,(H,17,20)(H,18,19)/b8-7-. The van der Waals surface area contributed by atoms with Gasteiger partial charge >= 0.3 is 0 Å². The maximum Gasteiger partial charge on any atom is 0.271 e. The highest BCUT2D eigenvalue weighted by Crippen LogP contribution is 2.09. The van der Waals surface area contributed by atoms with Crippen molar-refractivity contribution in [3.05, 3.63) is 70.2 Å². The van der Waals surface area contributed by atoms with E-state index in [1.807, 2.05) is 6.07 Å². The smallest absolute Gasteiger partial charge is 0.271 e. The summed E-state index contributed by atoms with van der Waals surface area (Å²) in [6.07, 6.45) is 4.30. The fourth-order valence-electron chi connectivity index (χ4n) is 1.60. The van der Waals surface area contributed by atoms with Crippen LogP contribution in [0.25, 0.3) is 6.08 Å². The summed E-state index contributed by atoms with van der Waals surface area (Å²) in [6, 6.07) is 12.1. The van der Waals surface area contributed by atoms with Crippen molar-refractivity contribution in [3.8, 4) is 6.07 Å². The molecule has 0 aliphatic heterocycles. The fraction of sp³-hybridized carbons (Fsp3) is 0. The van der Waals surface area contributed by atoms with E-state index in [-0.39, 0.29) is 11.2 Å². The first-order chi connectivity index (χ1) is 9.70. The minimum absolute atomic E-state index is 0.177. The number of nitrogens with one attached hydrogen (secondary N) is 2. The van der Waals surface area contributed by atoms with Crippen LogP contribution in [0.4, 0.5) is 5.69 Å². The maximum atomic E-state index is 11.7. The second kappa shape index (κ2) is 6.16. The molecule has 0 aliphatic rings. The van der Waals surface area contributed by atoms with Gasteiger partial charge in [0.05, 0.1) is 11.6 Å². The number of pyridine rings is 1. The van der Waals surface area contributed by atoms with Crippen LogP contribution in [0.15, 0.2) is 53.5 Å². The van der Waals surface area contributed by atoms with Crippen molar-refractivity contribution in [3.63, 3.8) is 0 Å². The first-order valence-corrected chi connectivity index (χ1v) is 5.86. The van der Waals surface area contributed by atoms with Gasteiger partial charge in [-0.2, -0.15) is 5.26 Å². The molecular formula is C15H11N3O2. The molecule has 1 heterocycles. The predicted molar refractivity (Wildman–Crippen MR) is 75.9 cm³/mol. The highest BCUT2D eigenvalue weighted by Gasteiger charge is 2.02. The van der Waals surface area contributed by atoms with Crippen LogP contribution in [0, 0.1) is 11.3 Å². The summed E-state index contributed by atoms with van der Waals surface area (Å²) in [5.41, 5.74) is 0.934. The van der Waals surface area contributed by atoms with Crippen LogP contribution in [0.2, 0.25) is 0 Å². The number of hydrogen-bond donors (Lipinski definition) is 2. The monoisotopic (exact) mass is 265 g/mol. The number of carbonyl (C=O) groups excluding carboxylic acids is 1. The normalized spacial score (nSPS) is 10.2. The molecule has 0 spiro atoms. The van der Waals surface area contributed by atoms with Gasteiger partial charge in [0, 0.05) is 12.3 Å². The zero-order valence-corrected chi connectivity index (χ0v) is 10.5. The number of H-pyrrole nitrogens is 1. The molecule has 0 bridgehead atoms. The molecule has 0 aliphatic carbocycles. The Morgan fingerprint density at radius 2 is 2.05 bits per heavy atom. The molecule has 0 unspecified atom stereocenters. The van der Waals surface area contributed by atoms with Crippen LogP contribution in [-0.2, 0) is 4.79 Å². The SMILES string of the molecule is N#Cc1ccccc1/C=C\C(=O)Nc1ccc[nH]c1=O. The molecule has 20 heavy (non-hydrogen) atoms. The molecule has 0 radical (unpaired) electrons. The molecular weight excluding hydrogens is 254 g/mol. The van der Waals surface area contributed by atoms with E-state index in [2.05, 4.69) is 10.3 Å². The number of nitrogens with zero attached hydrogens (tertiary/aromatic N) is 1. The van der Waals surface area contributed by atoms with Crippen molar-refractivity contribution in [2.75, 3.05) is 5.32 Å². The molecule has 2 N–H and O–H groups in total. The highest BCUT2D eigenvalue weighted by atomic mass is 16.2. The molecule has 1 aromatic heterocycles. The van der Waals surface area contributed by atoms with E-state index in [0.29, 0.717) is 11.1 Å². The Hall–Kier alpha value is -3.13. The van der Waals surface area contributed by atoms with E-state index >= 15 is 0 Å². The minimum Gasteiger partial charge on any atom is -0.327 e. The van der Waals surface area contributed by atoms with Gasteiger partial charge in [0.1, 0.15) is 5.69 Å². The van der Waals surface area contributed by atoms with E-state index in [9.17, 15) is 9.59 Å². The van der Waals surface area contributed by atoms with Gasteiger partial charge in [-0.05, 0) is 29.8 Å². The Balaban J connectivity index is 2.13. The lowest BCUT2D eigenvalue weighted by Gasteiger charge is -2.00. The second-order valence-corrected chi connectivity index (χ2v) is 3.93. The van der Waals surface area contributed by atoms with Crippen molar-refractivity contribution in [2.45, 2.75) is 0 Å². The summed E-state index contributed by atoms with van der Waals surface area (Å²) in [5, 5.41) is 11.4. The molecule has 2 aromatic rings. The molecule has 5 nitrogen and oxygen atoms in total. The number of nitriles is 1. The quantitative estimate of drug-likeness (QED) is 0.831. The van der Waals surface area contributed by atoms with Gasteiger partial charge in [-0.3, -0.25) is 9.59 Å². The van der Waals surface area contributed by atoms with Crippen LogP contribution in [-0.4, -0.2) is 10.9 Å². The number of carbonyl (C=O) groups is 1. The lowest BCUT2D eigenvalue weighted by Crippen LogP contribution is -2.17. The molecule has 0 saturated carbocycles. The van der Waals surface area contributed by atoms with Crippen LogP contribution >= 0.6 is 0 Å². The first-order valence-electron chi connectivity index (χ1n) is 5.86. The highest BCUT2D eigenvalue weighted by molar-refractivity contribution is 6.01. The zero-order chi connectivity index (χ0) is 14.4. The molecule has 98 valence electrons. The molecule has 2 rings (SSSR count). The molecule has 5 heteroatoms. The van der Waals surface area contributed by atoms with Gasteiger partial charge in [0.2, 0.25) is 5.91 Å². The van der Waals surface area contributed by atoms with Crippen molar-refractivity contribution >= 4 is 17.7 Å². The molecule has 1 aromatic carbocycles. The number of amides is 1. The van der Waals surface area contributed by atoms with Gasteiger partial charge in [-0.1, -0.05) is 18.2 Å². The first kappa shape index (κ1) is 13.3. The second-order valence-electron chi connectivity index (χ2n) is 3.93. The van der Waals surface area contributed by atoms with Gasteiger partial charge in [-0.25, -0.2) is 0 Å². The number of anilines is 1. The number of rotatable bonds is 3. The van der Waals surface area contributed by atoms with Gasteiger partial charge in [-0.15, -0.1) is 0 Å². The summed E-state index contributed by atoms with van der Waals surface area (Å²) in [6.45, 7) is 0. The Kier molecular flexibility index (Phi) is 4.10. The van der Waals surface area contributed by atoms with Crippen molar-refractivity contribution in [1.29, 1.82) is 5.26 Å². The van der Waals surface area contributed by atoms with Crippen molar-refractivity contribution < 1.29 is 4.79 Å². The fourth-order valence-corrected chi connectivity index (χ4v) is 1.60. The van der Waals surface area contributed by atoms with Gasteiger partial charge in [0.15, 0.2) is 0 Å². The third kappa shape index (κ3) is 3.21. The van der Waals surface area contributed by atoms with Crippen LogP contribution in [0.3, 0.4) is 0 Å². The third-order valence-corrected chi connectivity index (χ3v) is 2.57. The van der Waals surface area contributed by atoms with E-state index in [4.69, 9.17) is 5.26 Å². The van der Waals surface area contributed by atoms with E-state index in [1.165, 1.54) is 24.4 Å². The Morgan fingerprint density at radius 1 is 1.25 bits per heavy atom. The van der Waals surface area contributed by atoms with Gasteiger partial charge < -0.3 is 10.3 Å². The Labute approximate surface area is 115 Å². The molecule has 0 atom stereocenters. The molecule has 1 amide bonds. The third-order valence-electron chi connectivity index (χ3n) is 2.57. The summed E-state index contributed by atoms with van der Waals surface area (Å²) in [7, 11) is 0. The zero-order valence-electron chi connectivity index (χ0n) is 10.5. The van der Waals surface area contributed by atoms with E-state index in [0.717, 1.165) is 0 Å². The van der Waals surface area contributed by atoms with E-state index in [1.54, 1.807) is 30.3 Å². The average molecular weight is 265 g/mol. The summed E-state index contributed by atoms with van der Waals surface area (Å²) in [4.78, 5) is 25.6. The molecule has 0 fully saturated rings. The number of aromatic nitrogens is 1. The van der Waals surface area contributed by atoms with Crippen molar-refractivity contribution in [2.24, 2.45) is 0 Å². The Morgan fingerprint density at radius 3 is 2.80 bits per heavy atom. The Bertz CT molecular complexity index is 754. The van der Waals surface area contributed by atoms with E-state index < -0.39 is 5.91 Å². The molecule has 0 saturated heterocycles. The predicted octanol–water partition coefficient (Wildman–Crippen LogP) is 1.90. The van der Waals surface area contributed by atoms with Crippen molar-refractivity contribution in [1.82, 2.24) is 4.98 Å². The number of benzene rings is 1. The average Bonchev–Trinajstić information content (AvgIpc) is 2.48. The van der Waals surface area contributed by atoms with Crippen LogP contribution in [0.1, 0.15) is 11.1 Å². The minimum atomic E-state index is -0.436. The van der Waals surface area contributed by atoms with Crippen LogP contribution < -0.4 is 10.9 Å². The van der Waals surface area contributed by atoms with Gasteiger partial charge in [0.25, 0.3) is 5.56 Å². The summed E-state index contributed by atoms with van der Waals surface area (Å²) in [5.74, 6) is -0.436. The van der Waals surface area contributed by atoms with Crippen LogP contribution in [0.5, 0.6) is 0 Å². The summed E-state index contributed by atoms with van der Waals surface area (Å²) < 4.78 is 0.